The highest BCUT2D eigenvalue weighted by Crippen LogP contribution is 2.21. The molecule has 0 aliphatic carbocycles. The number of furan rings is 2. The minimum atomic E-state index is -1.10. The van der Waals surface area contributed by atoms with Crippen molar-refractivity contribution in [2.24, 2.45) is 0 Å². The van der Waals surface area contributed by atoms with Crippen molar-refractivity contribution in [3.05, 3.63) is 47.3 Å². The van der Waals surface area contributed by atoms with Crippen LogP contribution in [-0.4, -0.2) is 22.2 Å². The van der Waals surface area contributed by atoms with E-state index in [2.05, 4.69) is 0 Å². The van der Waals surface area contributed by atoms with Crippen molar-refractivity contribution in [1.29, 1.82) is 0 Å². The highest BCUT2D eigenvalue weighted by Gasteiger charge is 2.11. The van der Waals surface area contributed by atoms with Gasteiger partial charge in [-0.3, -0.25) is 0 Å². The lowest BCUT2D eigenvalue weighted by Gasteiger charge is -1.96. The molecule has 2 heterocycles. The summed E-state index contributed by atoms with van der Waals surface area (Å²) < 4.78 is 10.2. The summed E-state index contributed by atoms with van der Waals surface area (Å²) in [6, 6.07) is 5.99. The van der Waals surface area contributed by atoms with Gasteiger partial charge in [0.15, 0.2) is 0 Å². The molecule has 0 fully saturated rings. The van der Waals surface area contributed by atoms with Gasteiger partial charge in [0.05, 0.1) is 11.5 Å². The van der Waals surface area contributed by atoms with Crippen molar-refractivity contribution in [3.63, 3.8) is 0 Å². The molecule has 2 aromatic heterocycles. The van der Waals surface area contributed by atoms with E-state index < -0.39 is 11.9 Å². The Balaban J connectivity index is 1.85. The minimum absolute atomic E-state index is 0.0956. The third kappa shape index (κ3) is 3.41. The van der Waals surface area contributed by atoms with E-state index in [-0.39, 0.29) is 11.5 Å². The number of carbonyl (C=O) groups is 2. The molecule has 6 nitrogen and oxygen atoms in total. The number of thioether (sulfide) groups is 1. The molecule has 0 aliphatic rings. The zero-order chi connectivity index (χ0) is 13.8. The van der Waals surface area contributed by atoms with Gasteiger partial charge < -0.3 is 19.0 Å². The Labute approximate surface area is 112 Å². The predicted molar refractivity (Wildman–Crippen MR) is 66.3 cm³/mol. The summed E-state index contributed by atoms with van der Waals surface area (Å²) in [7, 11) is 0. The Kier molecular flexibility index (Phi) is 3.96. The van der Waals surface area contributed by atoms with Gasteiger partial charge in [0.2, 0.25) is 11.5 Å². The third-order valence-corrected chi connectivity index (χ3v) is 3.21. The maximum atomic E-state index is 10.6. The summed E-state index contributed by atoms with van der Waals surface area (Å²) in [4.78, 5) is 21.2. The Hall–Kier alpha value is -2.15. The summed E-state index contributed by atoms with van der Waals surface area (Å²) in [5.41, 5.74) is 0. The molecule has 0 atom stereocenters. The average molecular weight is 282 g/mol. The molecule has 2 aromatic rings. The van der Waals surface area contributed by atoms with Crippen LogP contribution in [0.4, 0.5) is 0 Å². The van der Waals surface area contributed by atoms with Crippen molar-refractivity contribution in [2.45, 2.75) is 11.5 Å². The van der Waals surface area contributed by atoms with Gasteiger partial charge in [-0.15, -0.1) is 11.8 Å². The van der Waals surface area contributed by atoms with E-state index in [1.165, 1.54) is 23.9 Å². The second kappa shape index (κ2) is 5.66. The lowest BCUT2D eigenvalue weighted by Crippen LogP contribution is -1.92. The maximum Gasteiger partial charge on any atom is 0.371 e. The molecule has 7 heteroatoms. The van der Waals surface area contributed by atoms with Crippen LogP contribution in [0, 0.1) is 0 Å². The zero-order valence-electron chi connectivity index (χ0n) is 9.66. The average Bonchev–Trinajstić information content (AvgIpc) is 2.97. The number of carboxylic acid groups (broad SMARTS) is 2. The molecule has 2 rings (SSSR count). The zero-order valence-corrected chi connectivity index (χ0v) is 10.5. The fourth-order valence-electron chi connectivity index (χ4n) is 1.39. The van der Waals surface area contributed by atoms with E-state index in [1.807, 2.05) is 0 Å². The first-order valence-electron chi connectivity index (χ1n) is 5.28. The molecule has 0 spiro atoms. The minimum Gasteiger partial charge on any atom is -0.475 e. The predicted octanol–water partition coefficient (Wildman–Crippen LogP) is 2.70. The molecule has 0 unspecified atom stereocenters. The Morgan fingerprint density at radius 2 is 1.32 bits per heavy atom. The second-order valence-electron chi connectivity index (χ2n) is 3.64. The Bertz CT molecular complexity index is 545. The summed E-state index contributed by atoms with van der Waals surface area (Å²) in [6.07, 6.45) is 0. The SMILES string of the molecule is O=C(O)c1ccc(CSCc2ccc(C(=O)O)o2)o1. The fourth-order valence-corrected chi connectivity index (χ4v) is 2.21. The first-order valence-corrected chi connectivity index (χ1v) is 6.43. The molecule has 0 amide bonds. The summed E-state index contributed by atoms with van der Waals surface area (Å²) in [5, 5.41) is 17.4. The lowest BCUT2D eigenvalue weighted by molar-refractivity contribution is 0.0651. The van der Waals surface area contributed by atoms with Crippen LogP contribution in [0.2, 0.25) is 0 Å². The molecule has 0 bridgehead atoms. The summed E-state index contributed by atoms with van der Waals surface area (Å²) in [5.74, 6) is -0.336. The fraction of sp³-hybridized carbons (Fsp3) is 0.167. The molecule has 0 saturated heterocycles. The largest absolute Gasteiger partial charge is 0.475 e. The standard InChI is InChI=1S/C12H10O6S/c13-11(14)9-3-1-7(17-9)5-19-6-8-2-4-10(18-8)12(15)16/h1-4H,5-6H2,(H,13,14)(H,15,16). The monoisotopic (exact) mass is 282 g/mol. The van der Waals surface area contributed by atoms with Crippen LogP contribution in [0.1, 0.15) is 32.6 Å². The van der Waals surface area contributed by atoms with Crippen LogP contribution < -0.4 is 0 Å². The topological polar surface area (TPSA) is 101 Å². The van der Waals surface area contributed by atoms with Crippen LogP contribution in [0.25, 0.3) is 0 Å². The summed E-state index contributed by atoms with van der Waals surface area (Å²) in [6.45, 7) is 0. The van der Waals surface area contributed by atoms with Gasteiger partial charge >= 0.3 is 11.9 Å². The molecule has 0 aromatic carbocycles. The van der Waals surface area contributed by atoms with E-state index in [4.69, 9.17) is 19.0 Å². The van der Waals surface area contributed by atoms with Gasteiger partial charge in [0, 0.05) is 0 Å². The van der Waals surface area contributed by atoms with E-state index in [1.54, 1.807) is 12.1 Å². The molecule has 0 saturated carbocycles. The van der Waals surface area contributed by atoms with Crippen molar-refractivity contribution in [3.8, 4) is 0 Å². The van der Waals surface area contributed by atoms with E-state index >= 15 is 0 Å². The molecular weight excluding hydrogens is 272 g/mol. The van der Waals surface area contributed by atoms with Crippen molar-refractivity contribution in [1.82, 2.24) is 0 Å². The van der Waals surface area contributed by atoms with Crippen molar-refractivity contribution < 1.29 is 28.6 Å². The molecule has 2 N–H and O–H groups in total. The number of carboxylic acids is 2. The van der Waals surface area contributed by atoms with Gasteiger partial charge in [-0.05, 0) is 24.3 Å². The van der Waals surface area contributed by atoms with Gasteiger partial charge in [0.25, 0.3) is 0 Å². The van der Waals surface area contributed by atoms with Gasteiger partial charge in [-0.2, -0.15) is 0 Å². The molecule has 0 aliphatic heterocycles. The Morgan fingerprint density at radius 3 is 1.63 bits per heavy atom. The summed E-state index contributed by atoms with van der Waals surface area (Å²) >= 11 is 1.44. The smallest absolute Gasteiger partial charge is 0.371 e. The van der Waals surface area contributed by atoms with E-state index in [9.17, 15) is 9.59 Å². The normalized spacial score (nSPS) is 10.5. The van der Waals surface area contributed by atoms with Gasteiger partial charge in [-0.1, -0.05) is 0 Å². The van der Waals surface area contributed by atoms with Crippen LogP contribution in [0.15, 0.2) is 33.1 Å². The molecule has 100 valence electrons. The van der Waals surface area contributed by atoms with Crippen molar-refractivity contribution >= 4 is 23.7 Å². The Morgan fingerprint density at radius 1 is 0.895 bits per heavy atom. The van der Waals surface area contributed by atoms with Crippen LogP contribution >= 0.6 is 11.8 Å². The lowest BCUT2D eigenvalue weighted by atomic mass is 10.4. The number of hydrogen-bond acceptors (Lipinski definition) is 5. The highest BCUT2D eigenvalue weighted by atomic mass is 32.2. The second-order valence-corrected chi connectivity index (χ2v) is 4.62. The number of aromatic carboxylic acids is 2. The molecule has 0 radical (unpaired) electrons. The maximum absolute atomic E-state index is 10.6. The van der Waals surface area contributed by atoms with Crippen LogP contribution in [-0.2, 0) is 11.5 Å². The van der Waals surface area contributed by atoms with Crippen LogP contribution in [0.3, 0.4) is 0 Å². The third-order valence-electron chi connectivity index (χ3n) is 2.23. The van der Waals surface area contributed by atoms with Gasteiger partial charge in [-0.25, -0.2) is 9.59 Å². The number of rotatable bonds is 6. The number of hydrogen-bond donors (Lipinski definition) is 2. The van der Waals surface area contributed by atoms with Gasteiger partial charge in [0.1, 0.15) is 11.5 Å². The quantitative estimate of drug-likeness (QED) is 0.839. The first kappa shape index (κ1) is 13.3. The van der Waals surface area contributed by atoms with E-state index in [0.29, 0.717) is 23.0 Å². The molecular formula is C12H10O6S. The molecule has 19 heavy (non-hydrogen) atoms. The highest BCUT2D eigenvalue weighted by molar-refractivity contribution is 7.97. The van der Waals surface area contributed by atoms with E-state index in [0.717, 1.165) is 0 Å². The first-order chi connectivity index (χ1) is 9.06. The van der Waals surface area contributed by atoms with Crippen molar-refractivity contribution in [2.75, 3.05) is 0 Å². The van der Waals surface area contributed by atoms with Crippen LogP contribution in [0.5, 0.6) is 0 Å².